The van der Waals surface area contributed by atoms with Gasteiger partial charge in [0, 0.05) is 19.1 Å². The second-order valence-electron chi connectivity index (χ2n) is 4.13. The minimum atomic E-state index is -0.0783. The molecular formula is C12H14Cl2N2O. The Balaban J connectivity index is 2.28. The number of likely N-dealkylation sites (tertiary alicyclic amines) is 1. The van der Waals surface area contributed by atoms with Crippen LogP contribution in [0, 0.1) is 0 Å². The highest BCUT2D eigenvalue weighted by atomic mass is 35.5. The van der Waals surface area contributed by atoms with Crippen molar-refractivity contribution in [2.75, 3.05) is 13.1 Å². The van der Waals surface area contributed by atoms with Crippen LogP contribution in [0.25, 0.3) is 0 Å². The average Bonchev–Trinajstić information content (AvgIpc) is 2.80. The van der Waals surface area contributed by atoms with Gasteiger partial charge in [0.1, 0.15) is 0 Å². The summed E-state index contributed by atoms with van der Waals surface area (Å²) in [6, 6.07) is 5.22. The predicted molar refractivity (Wildman–Crippen MR) is 69.6 cm³/mol. The summed E-state index contributed by atoms with van der Waals surface area (Å²) in [4.78, 5) is 14.1. The van der Waals surface area contributed by atoms with Crippen LogP contribution in [-0.2, 0) is 0 Å². The Labute approximate surface area is 110 Å². The fraction of sp³-hybridized carbons (Fsp3) is 0.417. The average molecular weight is 273 g/mol. The summed E-state index contributed by atoms with van der Waals surface area (Å²) in [5.41, 5.74) is 6.11. The molecule has 17 heavy (non-hydrogen) atoms. The Hall–Kier alpha value is -0.770. The zero-order valence-electron chi connectivity index (χ0n) is 9.33. The van der Waals surface area contributed by atoms with E-state index in [0.29, 0.717) is 22.2 Å². The summed E-state index contributed by atoms with van der Waals surface area (Å²) in [5.74, 6) is -0.0783. The molecule has 0 bridgehead atoms. The topological polar surface area (TPSA) is 46.3 Å². The first-order valence-corrected chi connectivity index (χ1v) is 6.35. The van der Waals surface area contributed by atoms with E-state index in [1.54, 1.807) is 23.1 Å². The second-order valence-corrected chi connectivity index (χ2v) is 4.92. The van der Waals surface area contributed by atoms with E-state index in [1.807, 2.05) is 0 Å². The van der Waals surface area contributed by atoms with Gasteiger partial charge in [-0.3, -0.25) is 4.79 Å². The van der Waals surface area contributed by atoms with Crippen LogP contribution in [0.2, 0.25) is 10.0 Å². The first-order valence-electron chi connectivity index (χ1n) is 5.60. The number of amides is 1. The Morgan fingerprint density at radius 3 is 2.94 bits per heavy atom. The van der Waals surface area contributed by atoms with Crippen LogP contribution < -0.4 is 5.73 Å². The van der Waals surface area contributed by atoms with Gasteiger partial charge < -0.3 is 10.6 Å². The highest BCUT2D eigenvalue weighted by Gasteiger charge is 2.29. The highest BCUT2D eigenvalue weighted by molar-refractivity contribution is 6.43. The van der Waals surface area contributed by atoms with Gasteiger partial charge in [-0.05, 0) is 25.0 Å². The van der Waals surface area contributed by atoms with Gasteiger partial charge >= 0.3 is 0 Å². The van der Waals surface area contributed by atoms with Gasteiger partial charge in [0.15, 0.2) is 0 Å². The molecule has 0 unspecified atom stereocenters. The first-order chi connectivity index (χ1) is 8.15. The van der Waals surface area contributed by atoms with Crippen molar-refractivity contribution in [1.82, 2.24) is 4.90 Å². The van der Waals surface area contributed by atoms with Crippen molar-refractivity contribution in [3.63, 3.8) is 0 Å². The van der Waals surface area contributed by atoms with Gasteiger partial charge in [-0.15, -0.1) is 0 Å². The first kappa shape index (κ1) is 12.7. The lowest BCUT2D eigenvalue weighted by molar-refractivity contribution is 0.0741. The number of halogens is 2. The maximum absolute atomic E-state index is 12.3. The number of hydrogen-bond acceptors (Lipinski definition) is 2. The van der Waals surface area contributed by atoms with Crippen molar-refractivity contribution >= 4 is 29.1 Å². The molecule has 0 aromatic heterocycles. The van der Waals surface area contributed by atoms with Crippen LogP contribution in [0.4, 0.5) is 0 Å². The molecule has 1 amide bonds. The summed E-state index contributed by atoms with van der Waals surface area (Å²) < 4.78 is 0. The van der Waals surface area contributed by atoms with Crippen LogP contribution in [-0.4, -0.2) is 29.9 Å². The molecule has 1 saturated heterocycles. The van der Waals surface area contributed by atoms with E-state index < -0.39 is 0 Å². The number of nitrogens with zero attached hydrogens (tertiary/aromatic N) is 1. The van der Waals surface area contributed by atoms with E-state index in [9.17, 15) is 4.79 Å². The fourth-order valence-corrected chi connectivity index (χ4v) is 2.55. The van der Waals surface area contributed by atoms with Gasteiger partial charge in [0.05, 0.1) is 15.6 Å². The maximum atomic E-state index is 12.3. The van der Waals surface area contributed by atoms with Gasteiger partial charge in [-0.25, -0.2) is 0 Å². The lowest BCUT2D eigenvalue weighted by Gasteiger charge is -2.24. The third-order valence-corrected chi connectivity index (χ3v) is 3.91. The van der Waals surface area contributed by atoms with E-state index >= 15 is 0 Å². The normalized spacial score (nSPS) is 19.7. The summed E-state index contributed by atoms with van der Waals surface area (Å²) in [6.07, 6.45) is 1.95. The van der Waals surface area contributed by atoms with Crippen molar-refractivity contribution < 1.29 is 4.79 Å². The zero-order valence-corrected chi connectivity index (χ0v) is 10.8. The van der Waals surface area contributed by atoms with Crippen LogP contribution in [0.1, 0.15) is 23.2 Å². The van der Waals surface area contributed by atoms with Crippen LogP contribution in [0.15, 0.2) is 18.2 Å². The van der Waals surface area contributed by atoms with Crippen LogP contribution >= 0.6 is 23.2 Å². The van der Waals surface area contributed by atoms with Gasteiger partial charge in [0.25, 0.3) is 5.91 Å². The third kappa shape index (κ3) is 2.41. The zero-order chi connectivity index (χ0) is 12.4. The van der Waals surface area contributed by atoms with Gasteiger partial charge in [-0.2, -0.15) is 0 Å². The minimum Gasteiger partial charge on any atom is -0.334 e. The van der Waals surface area contributed by atoms with E-state index in [4.69, 9.17) is 28.9 Å². The number of nitrogens with two attached hydrogens (primary N) is 1. The molecule has 0 saturated carbocycles. The van der Waals surface area contributed by atoms with Crippen molar-refractivity contribution in [2.24, 2.45) is 5.73 Å². The largest absolute Gasteiger partial charge is 0.334 e. The number of hydrogen-bond donors (Lipinski definition) is 1. The Morgan fingerprint density at radius 1 is 1.47 bits per heavy atom. The minimum absolute atomic E-state index is 0.0783. The Kier molecular flexibility index (Phi) is 3.92. The SMILES string of the molecule is NC[C@H]1CCCN1C(=O)c1cccc(Cl)c1Cl. The monoisotopic (exact) mass is 272 g/mol. The smallest absolute Gasteiger partial charge is 0.255 e. The number of carbonyl (C=O) groups excluding carboxylic acids is 1. The van der Waals surface area contributed by atoms with Gasteiger partial charge in [-0.1, -0.05) is 29.3 Å². The van der Waals surface area contributed by atoms with E-state index in [2.05, 4.69) is 0 Å². The van der Waals surface area contributed by atoms with Crippen molar-refractivity contribution in [3.05, 3.63) is 33.8 Å². The molecule has 5 heteroatoms. The Bertz CT molecular complexity index is 437. The second kappa shape index (κ2) is 5.25. The van der Waals surface area contributed by atoms with E-state index in [-0.39, 0.29) is 11.9 Å². The molecule has 1 aromatic carbocycles. The molecule has 0 aliphatic carbocycles. The number of carbonyl (C=O) groups is 1. The van der Waals surface area contributed by atoms with Gasteiger partial charge in [0.2, 0.25) is 0 Å². The molecule has 2 rings (SSSR count). The molecule has 1 heterocycles. The third-order valence-electron chi connectivity index (χ3n) is 3.09. The number of benzene rings is 1. The van der Waals surface area contributed by atoms with Crippen LogP contribution in [0.5, 0.6) is 0 Å². The molecule has 1 aliphatic rings. The van der Waals surface area contributed by atoms with Crippen molar-refractivity contribution in [1.29, 1.82) is 0 Å². The molecule has 1 atom stereocenters. The summed E-state index contributed by atoms with van der Waals surface area (Å²) in [6.45, 7) is 1.23. The Morgan fingerprint density at radius 2 is 2.24 bits per heavy atom. The predicted octanol–water partition coefficient (Wildman–Crippen LogP) is 2.56. The standard InChI is InChI=1S/C12H14Cl2N2O/c13-10-5-1-4-9(11(10)14)12(17)16-6-2-3-8(16)7-15/h1,4-5,8H,2-3,6-7,15H2/t8-/m1/s1. The lowest BCUT2D eigenvalue weighted by atomic mass is 10.1. The van der Waals surface area contributed by atoms with E-state index in [0.717, 1.165) is 19.4 Å². The molecule has 1 aliphatic heterocycles. The number of rotatable bonds is 2. The molecule has 3 nitrogen and oxygen atoms in total. The highest BCUT2D eigenvalue weighted by Crippen LogP contribution is 2.28. The fourth-order valence-electron chi connectivity index (χ4n) is 2.17. The molecule has 92 valence electrons. The quantitative estimate of drug-likeness (QED) is 0.900. The lowest BCUT2D eigenvalue weighted by Crippen LogP contribution is -2.40. The molecular weight excluding hydrogens is 259 g/mol. The van der Waals surface area contributed by atoms with Crippen molar-refractivity contribution in [2.45, 2.75) is 18.9 Å². The summed E-state index contributed by atoms with van der Waals surface area (Å²) >= 11 is 12.0. The van der Waals surface area contributed by atoms with Crippen LogP contribution in [0.3, 0.4) is 0 Å². The molecule has 1 fully saturated rings. The molecule has 0 radical (unpaired) electrons. The molecule has 2 N–H and O–H groups in total. The summed E-state index contributed by atoms with van der Waals surface area (Å²) in [5, 5.41) is 0.725. The van der Waals surface area contributed by atoms with E-state index in [1.165, 1.54) is 0 Å². The molecule has 0 spiro atoms. The summed E-state index contributed by atoms with van der Waals surface area (Å²) in [7, 11) is 0. The maximum Gasteiger partial charge on any atom is 0.255 e. The molecule has 1 aromatic rings. The van der Waals surface area contributed by atoms with Crippen molar-refractivity contribution in [3.8, 4) is 0 Å².